The van der Waals surface area contributed by atoms with E-state index in [9.17, 15) is 0 Å². The smallest absolute Gasteiger partial charge is 0.278 e. The number of nitrogens with zero attached hydrogens (tertiary/aromatic N) is 3. The SMILES string of the molecule is CCOP(=S)(N=[N+]=[N-])OCC. The molecular weight excluding hydrogens is 185 g/mol. The summed E-state index contributed by atoms with van der Waals surface area (Å²) < 4.78 is 9.99. The molecule has 0 aromatic rings. The number of hydrogen-bond acceptors (Lipinski definition) is 3. The van der Waals surface area contributed by atoms with Gasteiger partial charge >= 0.3 is 0 Å². The van der Waals surface area contributed by atoms with E-state index in [4.69, 9.17) is 26.4 Å². The molecule has 5 nitrogen and oxygen atoms in total. The number of rotatable bonds is 5. The van der Waals surface area contributed by atoms with Crippen LogP contribution in [-0.4, -0.2) is 13.2 Å². The maximum absolute atomic E-state index is 8.11. The second-order valence-corrected chi connectivity index (χ2v) is 4.50. The van der Waals surface area contributed by atoms with Gasteiger partial charge in [-0.15, -0.1) is 0 Å². The van der Waals surface area contributed by atoms with Gasteiger partial charge < -0.3 is 9.05 Å². The van der Waals surface area contributed by atoms with Crippen molar-refractivity contribution in [3.05, 3.63) is 10.4 Å². The summed E-state index contributed by atoms with van der Waals surface area (Å²) in [6, 6.07) is 0. The number of hydrogen-bond donors (Lipinski definition) is 0. The summed E-state index contributed by atoms with van der Waals surface area (Å²) >= 11 is 4.85. The van der Waals surface area contributed by atoms with E-state index in [0.29, 0.717) is 13.2 Å². The van der Waals surface area contributed by atoms with E-state index in [-0.39, 0.29) is 0 Å². The van der Waals surface area contributed by atoms with Gasteiger partial charge in [-0.05, 0) is 36.1 Å². The van der Waals surface area contributed by atoms with E-state index < -0.39 is 6.64 Å². The van der Waals surface area contributed by atoms with Crippen molar-refractivity contribution in [2.45, 2.75) is 13.8 Å². The van der Waals surface area contributed by atoms with Crippen LogP contribution in [0.5, 0.6) is 0 Å². The van der Waals surface area contributed by atoms with Crippen LogP contribution in [0.1, 0.15) is 13.8 Å². The Labute approximate surface area is 70.5 Å². The highest BCUT2D eigenvalue weighted by Crippen LogP contribution is 2.50. The first-order valence-electron chi connectivity index (χ1n) is 3.14. The molecule has 0 atom stereocenters. The van der Waals surface area contributed by atoms with Crippen molar-refractivity contribution >= 4 is 18.4 Å². The summed E-state index contributed by atoms with van der Waals surface area (Å²) in [5.41, 5.74) is 8.11. The molecule has 11 heavy (non-hydrogen) atoms. The monoisotopic (exact) mass is 195 g/mol. The molecule has 0 aliphatic heterocycles. The van der Waals surface area contributed by atoms with Crippen molar-refractivity contribution in [2.24, 2.45) is 4.88 Å². The van der Waals surface area contributed by atoms with Gasteiger partial charge in [0, 0.05) is 4.91 Å². The predicted octanol–water partition coefficient (Wildman–Crippen LogP) is 2.59. The molecule has 0 rings (SSSR count). The minimum Gasteiger partial charge on any atom is -0.325 e. The average Bonchev–Trinajstić information content (AvgIpc) is 1.88. The highest BCUT2D eigenvalue weighted by Gasteiger charge is 2.14. The van der Waals surface area contributed by atoms with E-state index in [2.05, 4.69) is 9.80 Å². The highest BCUT2D eigenvalue weighted by atomic mass is 32.5. The first-order valence-corrected chi connectivity index (χ1v) is 5.73. The third-order valence-corrected chi connectivity index (χ3v) is 3.05. The second kappa shape index (κ2) is 5.52. The molecule has 7 heteroatoms. The van der Waals surface area contributed by atoms with Crippen molar-refractivity contribution < 1.29 is 9.05 Å². The summed E-state index contributed by atoms with van der Waals surface area (Å²) in [5, 5.41) is 0. The molecule has 0 amide bonds. The Morgan fingerprint density at radius 2 is 1.91 bits per heavy atom. The second-order valence-electron chi connectivity index (χ2n) is 1.48. The zero-order valence-corrected chi connectivity index (χ0v) is 8.14. The quantitative estimate of drug-likeness (QED) is 0.293. The Morgan fingerprint density at radius 3 is 2.18 bits per heavy atom. The molecule has 0 spiro atoms. The molecular formula is C4H10N3O2PS. The lowest BCUT2D eigenvalue weighted by atomic mass is 10.9. The summed E-state index contributed by atoms with van der Waals surface area (Å²) in [7, 11) is 0. The van der Waals surface area contributed by atoms with Crippen LogP contribution >= 0.6 is 6.64 Å². The summed E-state index contributed by atoms with van der Waals surface area (Å²) in [5.74, 6) is 0. The van der Waals surface area contributed by atoms with Crippen LogP contribution in [0, 0.1) is 0 Å². The van der Waals surface area contributed by atoms with Crippen LogP contribution in [0.2, 0.25) is 0 Å². The Bertz CT molecular complexity index is 194. The molecule has 0 fully saturated rings. The fourth-order valence-corrected chi connectivity index (χ4v) is 2.12. The number of azide groups is 1. The molecule has 0 aliphatic rings. The van der Waals surface area contributed by atoms with Crippen LogP contribution in [0.25, 0.3) is 10.4 Å². The Kier molecular flexibility index (Phi) is 5.46. The van der Waals surface area contributed by atoms with Gasteiger partial charge in [0.2, 0.25) is 0 Å². The van der Waals surface area contributed by atoms with Gasteiger partial charge in [-0.2, -0.15) is 0 Å². The van der Waals surface area contributed by atoms with Gasteiger partial charge in [0.05, 0.1) is 13.2 Å². The standard InChI is InChI=1S/C4H10N3O2PS/c1-3-8-10(11,7-6-5)9-4-2/h3-4H2,1-2H3. The van der Waals surface area contributed by atoms with Crippen LogP contribution in [0.4, 0.5) is 0 Å². The van der Waals surface area contributed by atoms with Crippen LogP contribution in [0.3, 0.4) is 0 Å². The van der Waals surface area contributed by atoms with Crippen molar-refractivity contribution in [1.82, 2.24) is 0 Å². The maximum atomic E-state index is 8.11. The minimum atomic E-state index is -2.68. The summed E-state index contributed by atoms with van der Waals surface area (Å²) in [6.45, 7) is 1.66. The van der Waals surface area contributed by atoms with Gasteiger partial charge in [0.15, 0.2) is 0 Å². The topological polar surface area (TPSA) is 67.2 Å². The Hall–Kier alpha value is -0.120. The van der Waals surface area contributed by atoms with Gasteiger partial charge in [0.25, 0.3) is 6.64 Å². The first-order chi connectivity index (χ1) is 5.18. The van der Waals surface area contributed by atoms with Crippen LogP contribution < -0.4 is 0 Å². The Balaban J connectivity index is 4.25. The van der Waals surface area contributed by atoms with E-state index in [1.807, 2.05) is 0 Å². The molecule has 0 saturated heterocycles. The van der Waals surface area contributed by atoms with Gasteiger partial charge in [-0.1, -0.05) is 0 Å². The zero-order chi connectivity index (χ0) is 8.74. The maximum Gasteiger partial charge on any atom is 0.278 e. The van der Waals surface area contributed by atoms with E-state index in [1.165, 1.54) is 0 Å². The summed E-state index contributed by atoms with van der Waals surface area (Å²) in [4.78, 5) is 5.86. The van der Waals surface area contributed by atoms with Gasteiger partial charge in [0.1, 0.15) is 0 Å². The fourth-order valence-electron chi connectivity index (χ4n) is 0.464. The lowest BCUT2D eigenvalue weighted by Crippen LogP contribution is -1.91. The largest absolute Gasteiger partial charge is 0.325 e. The van der Waals surface area contributed by atoms with Crippen molar-refractivity contribution in [3.63, 3.8) is 0 Å². The molecule has 64 valence electrons. The van der Waals surface area contributed by atoms with Crippen molar-refractivity contribution in [1.29, 1.82) is 0 Å². The molecule has 0 radical (unpaired) electrons. The zero-order valence-electron chi connectivity index (χ0n) is 6.43. The molecule has 0 aromatic carbocycles. The van der Waals surface area contributed by atoms with E-state index >= 15 is 0 Å². The van der Waals surface area contributed by atoms with Gasteiger partial charge in [-0.25, -0.2) is 0 Å². The lowest BCUT2D eigenvalue weighted by Gasteiger charge is -2.13. The first kappa shape index (κ1) is 10.9. The lowest BCUT2D eigenvalue weighted by molar-refractivity contribution is 0.267. The normalized spacial score (nSPS) is 10.7. The minimum absolute atomic E-state index is 0.399. The average molecular weight is 195 g/mol. The third kappa shape index (κ3) is 4.35. The van der Waals surface area contributed by atoms with Gasteiger partial charge in [-0.3, -0.25) is 0 Å². The van der Waals surface area contributed by atoms with E-state index in [0.717, 1.165) is 0 Å². The van der Waals surface area contributed by atoms with Crippen LogP contribution in [0.15, 0.2) is 4.88 Å². The molecule has 0 aliphatic carbocycles. The molecule has 0 N–H and O–H groups in total. The predicted molar refractivity (Wildman–Crippen MR) is 46.7 cm³/mol. The Morgan fingerprint density at radius 1 is 1.45 bits per heavy atom. The highest BCUT2D eigenvalue weighted by molar-refractivity contribution is 8.09. The van der Waals surface area contributed by atoms with Crippen molar-refractivity contribution in [3.8, 4) is 0 Å². The van der Waals surface area contributed by atoms with Crippen LogP contribution in [-0.2, 0) is 20.9 Å². The summed E-state index contributed by atoms with van der Waals surface area (Å²) in [6.07, 6.45) is 0. The molecule has 0 saturated carbocycles. The molecule has 0 bridgehead atoms. The fraction of sp³-hybridized carbons (Fsp3) is 1.00. The third-order valence-electron chi connectivity index (χ3n) is 0.734. The van der Waals surface area contributed by atoms with E-state index in [1.54, 1.807) is 13.8 Å². The molecule has 0 unspecified atom stereocenters. The van der Waals surface area contributed by atoms with Crippen molar-refractivity contribution in [2.75, 3.05) is 13.2 Å². The molecule has 0 aromatic heterocycles. The molecule has 0 heterocycles.